The first-order valence-corrected chi connectivity index (χ1v) is 7.66. The molecule has 0 unspecified atom stereocenters. The summed E-state index contributed by atoms with van der Waals surface area (Å²) in [6.45, 7) is 11.0. The van der Waals surface area contributed by atoms with Gasteiger partial charge in [0.25, 0.3) is 5.56 Å². The molecule has 1 N–H and O–H groups in total. The maximum atomic E-state index is 12.3. The number of aromatic nitrogens is 1. The Kier molecular flexibility index (Phi) is 8.23. The molecule has 0 fully saturated rings. The van der Waals surface area contributed by atoms with Gasteiger partial charge in [-0.2, -0.15) is 0 Å². The van der Waals surface area contributed by atoms with Crippen LogP contribution in [0.1, 0.15) is 19.4 Å². The molecule has 0 aliphatic heterocycles. The van der Waals surface area contributed by atoms with E-state index in [1.54, 1.807) is 55.5 Å². The quantitative estimate of drug-likeness (QED) is 0.472. The molecule has 5 heteroatoms. The summed E-state index contributed by atoms with van der Waals surface area (Å²) in [7, 11) is 0. The van der Waals surface area contributed by atoms with Crippen LogP contribution in [0, 0.1) is 4.91 Å². The summed E-state index contributed by atoms with van der Waals surface area (Å²) in [5.74, 6) is 0. The molecule has 5 nitrogen and oxygen atoms in total. The Labute approximate surface area is 146 Å². The lowest BCUT2D eigenvalue weighted by Gasteiger charge is -1.99. The van der Waals surface area contributed by atoms with Crippen LogP contribution in [0.4, 0.5) is 5.69 Å². The van der Waals surface area contributed by atoms with Crippen LogP contribution >= 0.6 is 0 Å². The predicted molar refractivity (Wildman–Crippen MR) is 106 cm³/mol. The largest absolute Gasteiger partial charge is 0.321 e. The highest BCUT2D eigenvalue weighted by molar-refractivity contribution is 5.87. The van der Waals surface area contributed by atoms with E-state index in [4.69, 9.17) is 0 Å². The molecule has 0 aliphatic rings. The van der Waals surface area contributed by atoms with Gasteiger partial charge < -0.3 is 4.98 Å². The van der Waals surface area contributed by atoms with Crippen molar-refractivity contribution in [1.82, 2.24) is 4.98 Å². The summed E-state index contributed by atoms with van der Waals surface area (Å²) in [4.78, 5) is 30.4. The van der Waals surface area contributed by atoms with Crippen molar-refractivity contribution < 1.29 is 0 Å². The van der Waals surface area contributed by atoms with Crippen LogP contribution in [0.15, 0.2) is 76.4 Å². The molecule has 0 aliphatic carbocycles. The van der Waals surface area contributed by atoms with Crippen LogP contribution in [0.3, 0.4) is 0 Å². The first-order valence-electron chi connectivity index (χ1n) is 7.66. The topological polar surface area (TPSA) is 74.7 Å². The van der Waals surface area contributed by atoms with Gasteiger partial charge in [0.15, 0.2) is 0 Å². The van der Waals surface area contributed by atoms with Gasteiger partial charge in [-0.3, -0.25) is 9.79 Å². The number of nitrogens with one attached hydrogen (secondary N) is 1. The van der Waals surface area contributed by atoms with Gasteiger partial charge >= 0.3 is 0 Å². The van der Waals surface area contributed by atoms with Gasteiger partial charge in [0.1, 0.15) is 5.69 Å². The molecule has 1 aromatic rings. The highest BCUT2D eigenvalue weighted by Gasteiger charge is 2.09. The number of pyridine rings is 1. The second-order valence-corrected chi connectivity index (χ2v) is 4.85. The minimum absolute atomic E-state index is 0.0501. The second kappa shape index (κ2) is 10.4. The summed E-state index contributed by atoms with van der Waals surface area (Å²) in [5, 5.41) is 4.09. The Morgan fingerprint density at radius 3 is 2.52 bits per heavy atom. The van der Waals surface area contributed by atoms with Crippen LogP contribution < -0.4 is 16.1 Å². The molecule has 0 aromatic carbocycles. The van der Waals surface area contributed by atoms with Gasteiger partial charge in [0.05, 0.1) is 16.6 Å². The molecular weight excluding hydrogens is 314 g/mol. The van der Waals surface area contributed by atoms with Gasteiger partial charge in [0.2, 0.25) is 0 Å². The number of hydrogen-bond acceptors (Lipinski definition) is 4. The van der Waals surface area contributed by atoms with Gasteiger partial charge in [-0.05, 0) is 31.2 Å². The third-order valence-electron chi connectivity index (χ3n) is 3.13. The Bertz CT molecular complexity index is 942. The first-order chi connectivity index (χ1) is 12.1. The first kappa shape index (κ1) is 19.7. The van der Waals surface area contributed by atoms with E-state index >= 15 is 0 Å². The van der Waals surface area contributed by atoms with E-state index < -0.39 is 5.56 Å². The fraction of sp³-hybridized carbons (Fsp3) is 0.100. The van der Waals surface area contributed by atoms with Crippen molar-refractivity contribution in [2.75, 3.05) is 0 Å². The van der Waals surface area contributed by atoms with Crippen molar-refractivity contribution in [2.24, 2.45) is 10.2 Å². The maximum Gasteiger partial charge on any atom is 0.259 e. The SMILES string of the molecule is C=C/C=C\C=C/C(=C)N=Cc1c(N=O)c(=C/C)/c(=C\C=C/C)[nH]c1=O. The van der Waals surface area contributed by atoms with Crippen LogP contribution in [0.5, 0.6) is 0 Å². The third-order valence-corrected chi connectivity index (χ3v) is 3.13. The average molecular weight is 335 g/mol. The van der Waals surface area contributed by atoms with Gasteiger partial charge in [-0.1, -0.05) is 55.7 Å². The molecule has 0 saturated carbocycles. The van der Waals surface area contributed by atoms with Crippen molar-refractivity contribution in [3.05, 3.63) is 92.8 Å². The van der Waals surface area contributed by atoms with Crippen molar-refractivity contribution >= 4 is 24.1 Å². The molecule has 128 valence electrons. The van der Waals surface area contributed by atoms with E-state index in [-0.39, 0.29) is 11.3 Å². The summed E-state index contributed by atoms with van der Waals surface area (Å²) in [6, 6.07) is 0. The zero-order valence-electron chi connectivity index (χ0n) is 14.4. The van der Waals surface area contributed by atoms with Gasteiger partial charge in [0, 0.05) is 11.4 Å². The zero-order chi connectivity index (χ0) is 18.7. The molecular formula is C20H21N3O2. The summed E-state index contributed by atoms with van der Waals surface area (Å²) in [5.41, 5.74) is 0.130. The molecule has 25 heavy (non-hydrogen) atoms. The number of allylic oxidation sites excluding steroid dienone is 7. The molecule has 0 radical (unpaired) electrons. The van der Waals surface area contributed by atoms with Crippen molar-refractivity contribution in [3.8, 4) is 0 Å². The molecule has 0 atom stereocenters. The van der Waals surface area contributed by atoms with E-state index in [9.17, 15) is 9.70 Å². The third kappa shape index (κ3) is 5.66. The van der Waals surface area contributed by atoms with E-state index in [1.165, 1.54) is 6.21 Å². The molecule has 0 bridgehead atoms. The maximum absolute atomic E-state index is 12.3. The number of nitrogens with zero attached hydrogens (tertiary/aromatic N) is 2. The average Bonchev–Trinajstić information content (AvgIpc) is 2.61. The lowest BCUT2D eigenvalue weighted by Crippen LogP contribution is -2.36. The Hall–Kier alpha value is -3.34. The fourth-order valence-corrected chi connectivity index (χ4v) is 1.97. The number of nitroso groups, excluding NO2 is 1. The molecule has 0 spiro atoms. The number of H-pyrrole nitrogens is 1. The molecule has 1 heterocycles. The Balaban J connectivity index is 3.41. The van der Waals surface area contributed by atoms with Crippen LogP contribution in [-0.2, 0) is 0 Å². The fourth-order valence-electron chi connectivity index (χ4n) is 1.97. The number of rotatable bonds is 7. The number of aliphatic imine (C=N–C) groups is 1. The van der Waals surface area contributed by atoms with Crippen molar-refractivity contribution in [2.45, 2.75) is 13.8 Å². The summed E-state index contributed by atoms with van der Waals surface area (Å²) < 4.78 is 0. The number of aromatic amines is 1. The lowest BCUT2D eigenvalue weighted by molar-refractivity contribution is 1.14. The highest BCUT2D eigenvalue weighted by Crippen LogP contribution is 2.06. The lowest BCUT2D eigenvalue weighted by atomic mass is 10.2. The van der Waals surface area contributed by atoms with E-state index in [0.29, 0.717) is 16.3 Å². The van der Waals surface area contributed by atoms with Crippen LogP contribution in [0.2, 0.25) is 0 Å². The van der Waals surface area contributed by atoms with Crippen molar-refractivity contribution in [3.63, 3.8) is 0 Å². The van der Waals surface area contributed by atoms with Gasteiger partial charge in [-0.15, -0.1) is 4.91 Å². The van der Waals surface area contributed by atoms with E-state index in [2.05, 4.69) is 28.3 Å². The standard InChI is InChI=1S/C20H21N3O2/c1-5-8-10-11-12-15(4)21-14-17-19(23-25)16(7-3)18(13-9-6-2)22-20(17)24/h5-14H,1,4H2,2-3H3,(H,22,24)/b9-6-,10-8-,12-11-,16-7+,18-13+,21-14?. The second-order valence-electron chi connectivity index (χ2n) is 4.85. The molecule has 1 rings (SSSR count). The number of hydrogen-bond donors (Lipinski definition) is 1. The van der Waals surface area contributed by atoms with Crippen LogP contribution in [-0.4, -0.2) is 11.2 Å². The van der Waals surface area contributed by atoms with E-state index in [0.717, 1.165) is 0 Å². The molecule has 0 amide bonds. The van der Waals surface area contributed by atoms with Crippen LogP contribution in [0.25, 0.3) is 12.2 Å². The Morgan fingerprint density at radius 1 is 1.16 bits per heavy atom. The summed E-state index contributed by atoms with van der Waals surface area (Å²) >= 11 is 0. The summed E-state index contributed by atoms with van der Waals surface area (Å²) in [6.07, 6.45) is 16.9. The normalized spacial score (nSPS) is 13.7. The Morgan fingerprint density at radius 2 is 1.92 bits per heavy atom. The van der Waals surface area contributed by atoms with Crippen molar-refractivity contribution in [1.29, 1.82) is 0 Å². The minimum atomic E-state index is -0.442. The van der Waals surface area contributed by atoms with E-state index in [1.807, 2.05) is 13.0 Å². The predicted octanol–water partition coefficient (Wildman–Crippen LogP) is 3.16. The highest BCUT2D eigenvalue weighted by atomic mass is 16.3. The monoisotopic (exact) mass is 335 g/mol. The molecule has 0 saturated heterocycles. The zero-order valence-corrected chi connectivity index (χ0v) is 14.4. The smallest absolute Gasteiger partial charge is 0.259 e. The molecule has 1 aromatic heterocycles. The van der Waals surface area contributed by atoms with Gasteiger partial charge in [-0.25, -0.2) is 0 Å². The minimum Gasteiger partial charge on any atom is -0.321 e.